The van der Waals surface area contributed by atoms with Crippen LogP contribution in [0.2, 0.25) is 5.02 Å². The average Bonchev–Trinajstić information content (AvgIpc) is 2.51. The molecule has 0 aliphatic rings. The van der Waals surface area contributed by atoms with Crippen LogP contribution in [0.15, 0.2) is 24.3 Å². The van der Waals surface area contributed by atoms with E-state index in [0.29, 0.717) is 22.1 Å². The molecule has 0 fully saturated rings. The van der Waals surface area contributed by atoms with Crippen LogP contribution >= 0.6 is 11.6 Å². The molecule has 0 saturated carbocycles. The van der Waals surface area contributed by atoms with Gasteiger partial charge in [-0.2, -0.15) is 0 Å². The van der Waals surface area contributed by atoms with Gasteiger partial charge in [-0.05, 0) is 52.0 Å². The molecule has 7 heteroatoms. The average molecular weight is 347 g/mol. The molecule has 0 aliphatic carbocycles. The van der Waals surface area contributed by atoms with Crippen LogP contribution in [-0.4, -0.2) is 27.8 Å². The van der Waals surface area contributed by atoms with Crippen LogP contribution in [0.4, 0.5) is 5.69 Å². The summed E-state index contributed by atoms with van der Waals surface area (Å²) in [7, 11) is 0. The smallest absolute Gasteiger partial charge is 0.276 e. The highest BCUT2D eigenvalue weighted by Crippen LogP contribution is 2.16. The third kappa shape index (κ3) is 4.29. The molecule has 24 heavy (non-hydrogen) atoms. The van der Waals surface area contributed by atoms with Crippen LogP contribution in [0, 0.1) is 13.8 Å². The molecule has 2 aromatic rings. The van der Waals surface area contributed by atoms with Crippen LogP contribution in [-0.2, 0) is 0 Å². The number of aromatic nitrogens is 2. The maximum Gasteiger partial charge on any atom is 0.276 e. The van der Waals surface area contributed by atoms with Crippen molar-refractivity contribution in [2.45, 2.75) is 33.7 Å². The van der Waals surface area contributed by atoms with Gasteiger partial charge < -0.3 is 10.6 Å². The minimum Gasteiger partial charge on any atom is -0.348 e. The van der Waals surface area contributed by atoms with E-state index < -0.39 is 11.8 Å². The molecule has 6 nitrogen and oxygen atoms in total. The number of nitrogens with zero attached hydrogens (tertiary/aromatic N) is 2. The zero-order valence-corrected chi connectivity index (χ0v) is 14.7. The topological polar surface area (TPSA) is 84.0 Å². The predicted molar refractivity (Wildman–Crippen MR) is 93.5 cm³/mol. The summed E-state index contributed by atoms with van der Waals surface area (Å²) in [6, 6.07) is 6.59. The Kier molecular flexibility index (Phi) is 5.51. The van der Waals surface area contributed by atoms with Crippen molar-refractivity contribution in [2.24, 2.45) is 0 Å². The number of hydrogen-bond acceptors (Lipinski definition) is 4. The van der Waals surface area contributed by atoms with Crippen LogP contribution in [0.5, 0.6) is 0 Å². The second-order valence-corrected chi connectivity index (χ2v) is 6.12. The van der Waals surface area contributed by atoms with E-state index in [2.05, 4.69) is 20.6 Å². The Morgan fingerprint density at radius 1 is 0.958 bits per heavy atom. The summed E-state index contributed by atoms with van der Waals surface area (Å²) >= 11 is 5.83. The molecule has 0 bridgehead atoms. The zero-order chi connectivity index (χ0) is 17.9. The molecule has 1 heterocycles. The minimum absolute atomic E-state index is 0.00815. The third-order valence-electron chi connectivity index (χ3n) is 3.26. The van der Waals surface area contributed by atoms with Gasteiger partial charge in [-0.15, -0.1) is 0 Å². The van der Waals surface area contributed by atoms with Crippen LogP contribution < -0.4 is 10.6 Å². The first kappa shape index (κ1) is 17.9. The Labute approximate surface area is 145 Å². The second kappa shape index (κ2) is 7.40. The Balaban J connectivity index is 2.36. The van der Waals surface area contributed by atoms with Crippen molar-refractivity contribution in [2.75, 3.05) is 5.32 Å². The molecule has 0 aliphatic heterocycles. The quantitative estimate of drug-likeness (QED) is 0.890. The summed E-state index contributed by atoms with van der Waals surface area (Å²) in [6.07, 6.45) is 0. The first-order chi connectivity index (χ1) is 11.3. The van der Waals surface area contributed by atoms with Crippen molar-refractivity contribution in [3.63, 3.8) is 0 Å². The highest BCUT2D eigenvalue weighted by atomic mass is 35.5. The zero-order valence-electron chi connectivity index (χ0n) is 14.0. The number of carbonyl (C=O) groups excluding carboxylic acids is 2. The lowest BCUT2D eigenvalue weighted by Gasteiger charge is -2.13. The Morgan fingerprint density at radius 3 is 1.96 bits per heavy atom. The standard InChI is InChI=1S/C17H19ClN4O2/c1-9(2)19-16(23)14-15(21-11(4)10(3)20-14)17(24)22-13-7-5-12(18)6-8-13/h5-9H,1-4H3,(H,19,23)(H,22,24). The van der Waals surface area contributed by atoms with E-state index in [1.807, 2.05) is 13.8 Å². The normalized spacial score (nSPS) is 10.6. The maximum absolute atomic E-state index is 12.5. The number of rotatable bonds is 4. The van der Waals surface area contributed by atoms with Gasteiger partial charge in [0, 0.05) is 16.8 Å². The van der Waals surface area contributed by atoms with E-state index in [4.69, 9.17) is 11.6 Å². The molecule has 0 radical (unpaired) electrons. The summed E-state index contributed by atoms with van der Waals surface area (Å²) in [4.78, 5) is 33.4. The van der Waals surface area contributed by atoms with Gasteiger partial charge in [-0.1, -0.05) is 11.6 Å². The summed E-state index contributed by atoms with van der Waals surface area (Å²) < 4.78 is 0. The van der Waals surface area contributed by atoms with Gasteiger partial charge in [0.15, 0.2) is 11.4 Å². The molecule has 0 atom stereocenters. The molecular formula is C17H19ClN4O2. The minimum atomic E-state index is -0.498. The van der Waals surface area contributed by atoms with Gasteiger partial charge in [0.2, 0.25) is 0 Å². The largest absolute Gasteiger partial charge is 0.348 e. The molecule has 0 unspecified atom stereocenters. The van der Waals surface area contributed by atoms with Gasteiger partial charge in [-0.25, -0.2) is 9.97 Å². The number of nitrogens with one attached hydrogen (secondary N) is 2. The maximum atomic E-state index is 12.5. The molecule has 2 amide bonds. The number of anilines is 1. The van der Waals surface area contributed by atoms with Crippen LogP contribution in [0.25, 0.3) is 0 Å². The van der Waals surface area contributed by atoms with Crippen molar-refractivity contribution in [1.82, 2.24) is 15.3 Å². The van der Waals surface area contributed by atoms with E-state index in [1.54, 1.807) is 38.1 Å². The fraction of sp³-hybridized carbons (Fsp3) is 0.294. The molecular weight excluding hydrogens is 328 g/mol. The number of aryl methyl sites for hydroxylation is 2. The SMILES string of the molecule is Cc1nc(C(=O)Nc2ccc(Cl)cc2)c(C(=O)NC(C)C)nc1C. The summed E-state index contributed by atoms with van der Waals surface area (Å²) in [5.74, 6) is -0.927. The molecule has 1 aromatic heterocycles. The Hall–Kier alpha value is -2.47. The highest BCUT2D eigenvalue weighted by molar-refractivity contribution is 6.30. The van der Waals surface area contributed by atoms with Crippen LogP contribution in [0.1, 0.15) is 46.2 Å². The number of halogens is 1. The third-order valence-corrected chi connectivity index (χ3v) is 3.51. The Morgan fingerprint density at radius 2 is 1.46 bits per heavy atom. The summed E-state index contributed by atoms with van der Waals surface area (Å²) in [5.41, 5.74) is 1.76. The van der Waals surface area contributed by atoms with E-state index in [0.717, 1.165) is 0 Å². The fourth-order valence-electron chi connectivity index (χ4n) is 1.97. The fourth-order valence-corrected chi connectivity index (χ4v) is 2.10. The lowest BCUT2D eigenvalue weighted by molar-refractivity contribution is 0.0923. The molecule has 0 spiro atoms. The second-order valence-electron chi connectivity index (χ2n) is 5.68. The van der Waals surface area contributed by atoms with Crippen molar-refractivity contribution in [3.05, 3.63) is 52.1 Å². The number of carbonyl (C=O) groups is 2. The van der Waals surface area contributed by atoms with E-state index in [1.165, 1.54) is 0 Å². The predicted octanol–water partition coefficient (Wildman–Crippen LogP) is 3.14. The van der Waals surface area contributed by atoms with E-state index >= 15 is 0 Å². The summed E-state index contributed by atoms with van der Waals surface area (Å²) in [6.45, 7) is 7.15. The molecule has 0 saturated heterocycles. The van der Waals surface area contributed by atoms with Gasteiger partial charge in [0.05, 0.1) is 11.4 Å². The molecule has 2 rings (SSSR count). The number of hydrogen-bond donors (Lipinski definition) is 2. The summed E-state index contributed by atoms with van der Waals surface area (Å²) in [5, 5.41) is 6.00. The van der Waals surface area contributed by atoms with Gasteiger partial charge in [-0.3, -0.25) is 9.59 Å². The first-order valence-corrected chi connectivity index (χ1v) is 7.88. The number of benzene rings is 1. The van der Waals surface area contributed by atoms with Crippen molar-refractivity contribution < 1.29 is 9.59 Å². The van der Waals surface area contributed by atoms with Crippen molar-refractivity contribution in [3.8, 4) is 0 Å². The highest BCUT2D eigenvalue weighted by Gasteiger charge is 2.22. The van der Waals surface area contributed by atoms with Crippen molar-refractivity contribution in [1.29, 1.82) is 0 Å². The lowest BCUT2D eigenvalue weighted by atomic mass is 10.2. The van der Waals surface area contributed by atoms with E-state index in [9.17, 15) is 9.59 Å². The Bertz CT molecular complexity index is 773. The lowest BCUT2D eigenvalue weighted by Crippen LogP contribution is -2.33. The van der Waals surface area contributed by atoms with Gasteiger partial charge in [0.1, 0.15) is 0 Å². The van der Waals surface area contributed by atoms with Crippen LogP contribution in [0.3, 0.4) is 0 Å². The van der Waals surface area contributed by atoms with Gasteiger partial charge >= 0.3 is 0 Å². The monoisotopic (exact) mass is 346 g/mol. The molecule has 2 N–H and O–H groups in total. The first-order valence-electron chi connectivity index (χ1n) is 7.51. The van der Waals surface area contributed by atoms with Gasteiger partial charge in [0.25, 0.3) is 11.8 Å². The number of amides is 2. The van der Waals surface area contributed by atoms with E-state index in [-0.39, 0.29) is 17.4 Å². The van der Waals surface area contributed by atoms with Crippen molar-refractivity contribution >= 4 is 29.1 Å². The molecule has 1 aromatic carbocycles. The molecule has 126 valence electrons.